The molecule has 0 radical (unpaired) electrons. The molecular formula is C120H74N12OS3. The van der Waals surface area contributed by atoms with Crippen molar-refractivity contribution in [1.29, 1.82) is 0 Å². The maximum absolute atomic E-state index is 6.12. The van der Waals surface area contributed by atoms with E-state index in [1.54, 1.807) is 0 Å². The van der Waals surface area contributed by atoms with Gasteiger partial charge >= 0.3 is 0 Å². The zero-order valence-electron chi connectivity index (χ0n) is 73.3. The van der Waals surface area contributed by atoms with E-state index in [1.165, 1.54) is 121 Å². The normalized spacial score (nSPS) is 12.4. The first-order valence-electron chi connectivity index (χ1n) is 45.5. The molecule has 13 nitrogen and oxygen atoms in total. The molecule has 1 aliphatic rings. The SMILES string of the molecule is CC1(C)c2ccccc2-c2ccc(-c3nc(-c4ccccc4)nc(-n4c5ccccc5c5c6sc7ccccc7c6ccc54)n3)cc21.c1ccc(-c2ccc(-c3nc(-c4ccccc4)nc(-n4c5ccccc5c5c6sc7ccccc7c6ccc54)n3)cc2)cc1.c1ccc(-c2nc(-c3ccc4oc5ccccc5c4c3)nc(-n3c4ccccc4c4c5sc6ccccc6c5ccc43)n2)cc1. The Morgan fingerprint density at radius 3 is 0.941 bits per heavy atom. The molecule has 638 valence electrons. The van der Waals surface area contributed by atoms with E-state index < -0.39 is 0 Å². The van der Waals surface area contributed by atoms with Gasteiger partial charge in [0.05, 0.1) is 33.1 Å². The number of rotatable bonds is 10. The predicted octanol–water partition coefficient (Wildman–Crippen LogP) is 31.9. The van der Waals surface area contributed by atoms with E-state index in [1.807, 2.05) is 149 Å². The van der Waals surface area contributed by atoms with Crippen LogP contribution in [0, 0.1) is 0 Å². The minimum atomic E-state index is -0.123. The fourth-order valence-corrected chi connectivity index (χ4v) is 24.2. The molecule has 0 N–H and O–H groups in total. The van der Waals surface area contributed by atoms with Crippen molar-refractivity contribution in [2.24, 2.45) is 0 Å². The van der Waals surface area contributed by atoms with Crippen molar-refractivity contribution in [3.63, 3.8) is 0 Å². The zero-order valence-corrected chi connectivity index (χ0v) is 75.7. The highest BCUT2D eigenvalue weighted by molar-refractivity contribution is 7.27. The summed E-state index contributed by atoms with van der Waals surface area (Å²) in [7, 11) is 0. The van der Waals surface area contributed by atoms with Crippen LogP contribution >= 0.6 is 34.0 Å². The molecule has 10 heterocycles. The van der Waals surface area contributed by atoms with Gasteiger partial charge in [-0.25, -0.2) is 15.0 Å². The molecule has 0 saturated heterocycles. The summed E-state index contributed by atoms with van der Waals surface area (Å²) >= 11 is 5.54. The van der Waals surface area contributed by atoms with E-state index in [2.05, 4.69) is 325 Å². The molecule has 1 aliphatic carbocycles. The average molecular weight is 1800 g/mol. The first-order valence-corrected chi connectivity index (χ1v) is 47.9. The van der Waals surface area contributed by atoms with Crippen LogP contribution in [0.1, 0.15) is 25.0 Å². The summed E-state index contributed by atoms with van der Waals surface area (Å²) in [6.07, 6.45) is 0. The largest absolute Gasteiger partial charge is 0.456 e. The van der Waals surface area contributed by atoms with Crippen molar-refractivity contribution in [2.75, 3.05) is 0 Å². The van der Waals surface area contributed by atoms with Gasteiger partial charge in [0.25, 0.3) is 0 Å². The van der Waals surface area contributed by atoms with Gasteiger partial charge in [-0.2, -0.15) is 29.9 Å². The van der Waals surface area contributed by atoms with Crippen LogP contribution in [-0.2, 0) is 5.41 Å². The number of hydrogen-bond acceptors (Lipinski definition) is 13. The van der Waals surface area contributed by atoms with Gasteiger partial charge in [-0.15, -0.1) is 34.0 Å². The number of para-hydroxylation sites is 4. The number of furan rings is 1. The summed E-state index contributed by atoms with van der Waals surface area (Å²) in [5.41, 5.74) is 21.3. The van der Waals surface area contributed by atoms with Crippen molar-refractivity contribution in [3.8, 4) is 108 Å². The maximum atomic E-state index is 6.12. The Labute approximate surface area is 790 Å². The molecule has 0 fully saturated rings. The Hall–Kier alpha value is -17.2. The third kappa shape index (κ3) is 12.8. The van der Waals surface area contributed by atoms with Crippen molar-refractivity contribution < 1.29 is 4.42 Å². The quantitative estimate of drug-likeness (QED) is 0.130. The Bertz CT molecular complexity index is 9740. The molecule has 0 bridgehead atoms. The molecule has 0 saturated carbocycles. The summed E-state index contributed by atoms with van der Waals surface area (Å²) in [5.74, 6) is 5.65. The van der Waals surface area contributed by atoms with Gasteiger partial charge in [0.15, 0.2) is 34.9 Å². The van der Waals surface area contributed by atoms with Gasteiger partial charge in [0.2, 0.25) is 17.8 Å². The number of thiophene rings is 3. The smallest absolute Gasteiger partial charge is 0.238 e. The lowest BCUT2D eigenvalue weighted by molar-refractivity contribution is 0.660. The standard InChI is InChI=1S/C42H28N4S.C39H22N4OS.C39H24N4S/c1-42(2)32-17-9-6-14-27(32)28-21-20-26(24-33(28)42)40-43-39(25-12-4-3-5-13-25)44-41(45-40)46-34-18-10-7-16-31(34)37-35(46)23-22-30-29-15-8-11-19-36(29)47-38(30)37;1-2-10-23(11-3-1)37-40-38(24-18-21-33-29(22-24)25-12-5-8-16-32(25)44-33)42-39(41-37)43-30-15-7-4-14-28(30)35-31(43)20-19-27-26-13-6-9-17-34(26)45-36(27)35;1-3-11-25(12-4-1)26-19-21-28(22-20-26)38-40-37(27-13-5-2-6-14-27)41-39(42-38)43-32-17-9-7-16-31(32)35-33(43)24-23-30-29-15-8-10-18-34(29)44-36(30)35/h3-24H,1-2H3;1-22H;1-24H. The lowest BCUT2D eigenvalue weighted by atomic mass is 9.82. The first kappa shape index (κ1) is 78.7. The molecule has 16 heteroatoms. The fraction of sp³-hybridized carbons (Fsp3) is 0.0250. The van der Waals surface area contributed by atoms with Gasteiger partial charge in [0.1, 0.15) is 11.2 Å². The molecule has 10 aromatic heterocycles. The Kier molecular flexibility index (Phi) is 18.2. The topological polar surface area (TPSA) is 144 Å². The summed E-state index contributed by atoms with van der Waals surface area (Å²) < 4.78 is 20.4. The number of nitrogens with zero attached hydrogens (tertiary/aromatic N) is 12. The molecule has 29 rings (SSSR count). The number of aromatic nitrogens is 12. The molecular weight excluding hydrogens is 1720 g/mol. The van der Waals surface area contributed by atoms with Crippen LogP contribution in [-0.4, -0.2) is 58.6 Å². The third-order valence-electron chi connectivity index (χ3n) is 26.8. The van der Waals surface area contributed by atoms with Crippen LogP contribution in [0.3, 0.4) is 0 Å². The van der Waals surface area contributed by atoms with E-state index in [0.717, 1.165) is 94.0 Å². The van der Waals surface area contributed by atoms with E-state index >= 15 is 0 Å². The van der Waals surface area contributed by atoms with Crippen molar-refractivity contribution in [3.05, 3.63) is 424 Å². The molecule has 18 aromatic carbocycles. The lowest BCUT2D eigenvalue weighted by Crippen LogP contribution is -2.15. The highest BCUT2D eigenvalue weighted by atomic mass is 32.1. The fourth-order valence-electron chi connectivity index (χ4n) is 20.4. The number of hydrogen-bond donors (Lipinski definition) is 0. The Balaban J connectivity index is 0.000000103. The zero-order chi connectivity index (χ0) is 89.8. The van der Waals surface area contributed by atoms with Crippen molar-refractivity contribution in [2.45, 2.75) is 19.3 Å². The van der Waals surface area contributed by atoms with Gasteiger partial charge in [0, 0.05) is 142 Å². The summed E-state index contributed by atoms with van der Waals surface area (Å²) in [5, 5.41) is 17.1. The van der Waals surface area contributed by atoms with Crippen molar-refractivity contribution >= 4 is 182 Å². The van der Waals surface area contributed by atoms with Crippen LogP contribution in [0.25, 0.3) is 256 Å². The second-order valence-electron chi connectivity index (χ2n) is 35.0. The third-order valence-corrected chi connectivity index (χ3v) is 30.4. The summed E-state index contributed by atoms with van der Waals surface area (Å²) in [6.45, 7) is 4.62. The second-order valence-corrected chi connectivity index (χ2v) is 38.1. The monoisotopic (exact) mass is 1790 g/mol. The minimum absolute atomic E-state index is 0.123. The molecule has 0 atom stereocenters. The minimum Gasteiger partial charge on any atom is -0.456 e. The molecule has 28 aromatic rings. The second kappa shape index (κ2) is 31.5. The van der Waals surface area contributed by atoms with Gasteiger partial charge < -0.3 is 4.42 Å². The van der Waals surface area contributed by atoms with E-state index in [9.17, 15) is 0 Å². The molecule has 136 heavy (non-hydrogen) atoms. The average Bonchev–Trinajstić information content (AvgIpc) is 1.58. The Morgan fingerprint density at radius 1 is 0.206 bits per heavy atom. The molecule has 0 amide bonds. The molecule has 0 unspecified atom stereocenters. The van der Waals surface area contributed by atoms with Crippen LogP contribution in [0.5, 0.6) is 0 Å². The van der Waals surface area contributed by atoms with Crippen LogP contribution in [0.4, 0.5) is 0 Å². The highest BCUT2D eigenvalue weighted by Gasteiger charge is 2.36. The Morgan fingerprint density at radius 2 is 0.507 bits per heavy atom. The predicted molar refractivity (Wildman–Crippen MR) is 564 cm³/mol. The van der Waals surface area contributed by atoms with Crippen LogP contribution in [0.2, 0.25) is 0 Å². The van der Waals surface area contributed by atoms with Crippen LogP contribution < -0.4 is 0 Å². The lowest BCUT2D eigenvalue weighted by Gasteiger charge is -2.21. The number of benzene rings is 18. The van der Waals surface area contributed by atoms with Crippen molar-refractivity contribution in [1.82, 2.24) is 58.6 Å². The van der Waals surface area contributed by atoms with E-state index in [-0.39, 0.29) is 5.41 Å². The molecule has 0 spiro atoms. The van der Waals surface area contributed by atoms with Crippen LogP contribution in [0.15, 0.2) is 417 Å². The van der Waals surface area contributed by atoms with Gasteiger partial charge in [-0.1, -0.05) is 341 Å². The highest BCUT2D eigenvalue weighted by Crippen LogP contribution is 2.52. The van der Waals surface area contributed by atoms with E-state index in [4.69, 9.17) is 49.3 Å². The van der Waals surface area contributed by atoms with Gasteiger partial charge in [-0.3, -0.25) is 13.7 Å². The number of fused-ring (bicyclic) bond motifs is 27. The summed E-state index contributed by atoms with van der Waals surface area (Å²) in [6, 6.07) is 144. The van der Waals surface area contributed by atoms with E-state index in [0.29, 0.717) is 52.8 Å². The maximum Gasteiger partial charge on any atom is 0.238 e. The van der Waals surface area contributed by atoms with Gasteiger partial charge in [-0.05, 0) is 118 Å². The first-order chi connectivity index (χ1) is 67.2. The summed E-state index contributed by atoms with van der Waals surface area (Å²) in [4.78, 5) is 46.1. The molecule has 0 aliphatic heterocycles.